The monoisotopic (exact) mass is 385 g/mol. The van der Waals surface area contributed by atoms with Gasteiger partial charge in [0.05, 0.1) is 7.11 Å². The van der Waals surface area contributed by atoms with E-state index in [0.29, 0.717) is 21.9 Å². The van der Waals surface area contributed by atoms with E-state index in [2.05, 4.69) is 4.98 Å². The molecule has 0 aliphatic rings. The van der Waals surface area contributed by atoms with Crippen LogP contribution in [0.1, 0.15) is 27.8 Å². The van der Waals surface area contributed by atoms with Crippen molar-refractivity contribution >= 4 is 23.1 Å². The maximum Gasteiger partial charge on any atom is 0.358 e. The predicted octanol–water partition coefficient (Wildman–Crippen LogP) is 4.39. The summed E-state index contributed by atoms with van der Waals surface area (Å²) in [6.45, 7) is 1.51. The molecule has 0 N–H and O–H groups in total. The van der Waals surface area contributed by atoms with Gasteiger partial charge in [0.15, 0.2) is 11.8 Å². The number of aromatic nitrogens is 1. The number of thiazole rings is 1. The van der Waals surface area contributed by atoms with Crippen molar-refractivity contribution in [2.45, 2.75) is 13.0 Å². The normalized spacial score (nSPS) is 11.7. The second kappa shape index (κ2) is 8.09. The average Bonchev–Trinajstić information content (AvgIpc) is 3.18. The SMILES string of the molecule is COc1ccc(C(=O)[C@@H](C)OC(=O)c2csc(-c3ccc(F)cc3)n2)cc1. The number of Topliss-reactive ketones (excluding diaryl/α,β-unsaturated/α-hetero) is 1. The van der Waals surface area contributed by atoms with E-state index in [1.165, 1.54) is 37.5 Å². The van der Waals surface area contributed by atoms with Crippen molar-refractivity contribution in [1.82, 2.24) is 4.98 Å². The summed E-state index contributed by atoms with van der Waals surface area (Å²) in [6.07, 6.45) is -0.957. The number of hydrogen-bond acceptors (Lipinski definition) is 6. The largest absolute Gasteiger partial charge is 0.497 e. The molecule has 5 nitrogen and oxygen atoms in total. The molecule has 3 aromatic rings. The van der Waals surface area contributed by atoms with E-state index in [1.807, 2.05) is 0 Å². The molecule has 0 amide bonds. The Morgan fingerprint density at radius 3 is 2.37 bits per heavy atom. The molecule has 138 valence electrons. The molecule has 1 aromatic heterocycles. The standard InChI is InChI=1S/C20H16FNO4S/c1-12(18(23)13-5-9-16(25-2)10-6-13)26-20(24)17-11-27-19(22-17)14-3-7-15(21)8-4-14/h3-12H,1-2H3/t12-/m1/s1. The number of benzene rings is 2. The van der Waals surface area contributed by atoms with E-state index in [1.54, 1.807) is 41.8 Å². The smallest absolute Gasteiger partial charge is 0.358 e. The minimum absolute atomic E-state index is 0.105. The average molecular weight is 385 g/mol. The van der Waals surface area contributed by atoms with Crippen molar-refractivity contribution in [3.05, 3.63) is 71.0 Å². The Bertz CT molecular complexity index is 951. The van der Waals surface area contributed by atoms with Crippen LogP contribution in [-0.4, -0.2) is 30.0 Å². The number of halogens is 1. The number of ketones is 1. The van der Waals surface area contributed by atoms with Gasteiger partial charge in [-0.15, -0.1) is 11.3 Å². The molecule has 0 spiro atoms. The van der Waals surface area contributed by atoms with Crippen LogP contribution in [0, 0.1) is 5.82 Å². The first kappa shape index (κ1) is 18.7. The quantitative estimate of drug-likeness (QED) is 0.465. The van der Waals surface area contributed by atoms with Gasteiger partial charge in [-0.1, -0.05) is 0 Å². The molecule has 7 heteroatoms. The fourth-order valence-corrected chi connectivity index (χ4v) is 3.15. The first-order valence-corrected chi connectivity index (χ1v) is 8.96. The van der Waals surface area contributed by atoms with Crippen molar-refractivity contribution in [2.24, 2.45) is 0 Å². The van der Waals surface area contributed by atoms with Gasteiger partial charge in [0.1, 0.15) is 16.6 Å². The summed E-state index contributed by atoms with van der Waals surface area (Å²) in [5.41, 5.74) is 1.22. The number of carbonyl (C=O) groups excluding carboxylic acids is 2. The number of methoxy groups -OCH3 is 1. The first-order valence-electron chi connectivity index (χ1n) is 8.08. The zero-order chi connectivity index (χ0) is 19.4. The molecule has 0 saturated carbocycles. The number of esters is 1. The lowest BCUT2D eigenvalue weighted by Crippen LogP contribution is -2.24. The Hall–Kier alpha value is -3.06. The molecule has 0 fully saturated rings. The lowest BCUT2D eigenvalue weighted by molar-refractivity contribution is 0.0314. The summed E-state index contributed by atoms with van der Waals surface area (Å²) in [7, 11) is 1.54. The second-order valence-electron chi connectivity index (χ2n) is 5.69. The topological polar surface area (TPSA) is 65.5 Å². The van der Waals surface area contributed by atoms with Gasteiger partial charge in [-0.05, 0) is 55.5 Å². The minimum atomic E-state index is -0.957. The molecule has 2 aromatic carbocycles. The van der Waals surface area contributed by atoms with Crippen LogP contribution in [0.5, 0.6) is 5.75 Å². The van der Waals surface area contributed by atoms with E-state index in [9.17, 15) is 14.0 Å². The highest BCUT2D eigenvalue weighted by atomic mass is 32.1. The molecular formula is C20H16FNO4S. The van der Waals surface area contributed by atoms with Crippen LogP contribution in [0.3, 0.4) is 0 Å². The molecule has 0 unspecified atom stereocenters. The highest BCUT2D eigenvalue weighted by Gasteiger charge is 2.22. The van der Waals surface area contributed by atoms with Gasteiger partial charge in [0, 0.05) is 16.5 Å². The maximum absolute atomic E-state index is 13.0. The molecule has 1 atom stereocenters. The highest BCUT2D eigenvalue weighted by Crippen LogP contribution is 2.24. The van der Waals surface area contributed by atoms with E-state index in [-0.39, 0.29) is 17.3 Å². The van der Waals surface area contributed by atoms with Gasteiger partial charge in [-0.2, -0.15) is 0 Å². The lowest BCUT2D eigenvalue weighted by Gasteiger charge is -2.11. The summed E-state index contributed by atoms with van der Waals surface area (Å²) in [4.78, 5) is 28.9. The number of hydrogen-bond donors (Lipinski definition) is 0. The van der Waals surface area contributed by atoms with Gasteiger partial charge in [0.25, 0.3) is 0 Å². The molecule has 3 rings (SSSR count). The molecule has 0 saturated heterocycles. The summed E-state index contributed by atoms with van der Waals surface area (Å²) in [5.74, 6) is -0.721. The van der Waals surface area contributed by atoms with Crippen LogP contribution in [0.2, 0.25) is 0 Å². The van der Waals surface area contributed by atoms with Crippen molar-refractivity contribution in [2.75, 3.05) is 7.11 Å². The first-order chi connectivity index (χ1) is 13.0. The third kappa shape index (κ3) is 4.38. The van der Waals surface area contributed by atoms with Crippen LogP contribution >= 0.6 is 11.3 Å². The van der Waals surface area contributed by atoms with Crippen molar-refractivity contribution < 1.29 is 23.5 Å². The number of rotatable bonds is 6. The Labute approximate surface area is 159 Å². The van der Waals surface area contributed by atoms with Crippen LogP contribution < -0.4 is 4.74 Å². The van der Waals surface area contributed by atoms with Crippen molar-refractivity contribution in [3.8, 4) is 16.3 Å². The van der Waals surface area contributed by atoms with Crippen molar-refractivity contribution in [1.29, 1.82) is 0 Å². The van der Waals surface area contributed by atoms with E-state index in [4.69, 9.17) is 9.47 Å². The zero-order valence-corrected chi connectivity index (χ0v) is 15.5. The number of carbonyl (C=O) groups is 2. The van der Waals surface area contributed by atoms with Crippen LogP contribution in [0.4, 0.5) is 4.39 Å². The van der Waals surface area contributed by atoms with Crippen LogP contribution in [-0.2, 0) is 4.74 Å². The summed E-state index contributed by atoms with van der Waals surface area (Å²) in [5, 5.41) is 2.11. The Morgan fingerprint density at radius 2 is 1.74 bits per heavy atom. The third-order valence-corrected chi connectivity index (χ3v) is 4.72. The molecule has 0 bridgehead atoms. The molecule has 27 heavy (non-hydrogen) atoms. The third-order valence-electron chi connectivity index (χ3n) is 3.83. The predicted molar refractivity (Wildman–Crippen MR) is 99.7 cm³/mol. The summed E-state index contributed by atoms with van der Waals surface area (Å²) < 4.78 is 23.3. The van der Waals surface area contributed by atoms with Gasteiger partial charge in [0.2, 0.25) is 5.78 Å². The van der Waals surface area contributed by atoms with Gasteiger partial charge in [-0.3, -0.25) is 4.79 Å². The fourth-order valence-electron chi connectivity index (χ4n) is 2.36. The molecule has 0 radical (unpaired) electrons. The second-order valence-corrected chi connectivity index (χ2v) is 6.54. The highest BCUT2D eigenvalue weighted by molar-refractivity contribution is 7.13. The summed E-state index contributed by atoms with van der Waals surface area (Å²) >= 11 is 1.24. The fraction of sp³-hybridized carbons (Fsp3) is 0.150. The van der Waals surface area contributed by atoms with Gasteiger partial charge < -0.3 is 9.47 Å². The van der Waals surface area contributed by atoms with Gasteiger partial charge in [-0.25, -0.2) is 14.2 Å². The molecule has 1 heterocycles. The van der Waals surface area contributed by atoms with Crippen molar-refractivity contribution in [3.63, 3.8) is 0 Å². The van der Waals surface area contributed by atoms with E-state index < -0.39 is 12.1 Å². The van der Waals surface area contributed by atoms with Crippen LogP contribution in [0.25, 0.3) is 10.6 Å². The molecule has 0 aliphatic heterocycles. The Kier molecular flexibility index (Phi) is 5.61. The lowest BCUT2D eigenvalue weighted by atomic mass is 10.1. The number of nitrogens with zero attached hydrogens (tertiary/aromatic N) is 1. The maximum atomic E-state index is 13.0. The zero-order valence-electron chi connectivity index (χ0n) is 14.6. The molecule has 0 aliphatic carbocycles. The minimum Gasteiger partial charge on any atom is -0.497 e. The summed E-state index contributed by atoms with van der Waals surface area (Å²) in [6, 6.07) is 12.4. The van der Waals surface area contributed by atoms with E-state index >= 15 is 0 Å². The van der Waals surface area contributed by atoms with Crippen LogP contribution in [0.15, 0.2) is 53.9 Å². The van der Waals surface area contributed by atoms with Gasteiger partial charge >= 0.3 is 5.97 Å². The Balaban J connectivity index is 1.67. The Morgan fingerprint density at radius 1 is 1.07 bits per heavy atom. The van der Waals surface area contributed by atoms with E-state index in [0.717, 1.165) is 0 Å². The molecular weight excluding hydrogens is 369 g/mol. The number of ether oxygens (including phenoxy) is 2.